The fourth-order valence-corrected chi connectivity index (χ4v) is 2.42. The van der Waals surface area contributed by atoms with Crippen LogP contribution in [0.25, 0.3) is 0 Å². The van der Waals surface area contributed by atoms with Crippen LogP contribution < -0.4 is 9.44 Å². The van der Waals surface area contributed by atoms with Gasteiger partial charge in [-0.05, 0) is 25.0 Å². The maximum atomic E-state index is 11.7. The molecular weight excluding hydrogens is 262 g/mol. The van der Waals surface area contributed by atoms with Crippen LogP contribution >= 0.6 is 11.6 Å². The number of nitrogens with zero attached hydrogens (tertiary/aromatic N) is 1. The minimum atomic E-state index is -3.55. The number of aromatic nitrogens is 1. The van der Waals surface area contributed by atoms with Crippen molar-refractivity contribution < 1.29 is 8.42 Å². The number of hydrogen-bond acceptors (Lipinski definition) is 3. The molecule has 1 heterocycles. The largest absolute Gasteiger partial charge is 0.299 e. The van der Waals surface area contributed by atoms with Gasteiger partial charge < -0.3 is 0 Å². The van der Waals surface area contributed by atoms with E-state index in [0.717, 1.165) is 0 Å². The van der Waals surface area contributed by atoms with Crippen molar-refractivity contribution in [1.29, 1.82) is 0 Å². The third-order valence-corrected chi connectivity index (χ3v) is 3.22. The number of pyridine rings is 1. The SMILES string of the molecule is Cc1nc(Cl)ccc1NS(=O)(=O)NCC(C)C. The van der Waals surface area contributed by atoms with Gasteiger partial charge in [0.1, 0.15) is 5.15 Å². The Morgan fingerprint density at radius 2 is 2.06 bits per heavy atom. The van der Waals surface area contributed by atoms with Gasteiger partial charge in [0.2, 0.25) is 0 Å². The molecular formula is C10H16ClN3O2S. The van der Waals surface area contributed by atoms with E-state index in [0.29, 0.717) is 23.1 Å². The Morgan fingerprint density at radius 3 is 2.59 bits per heavy atom. The summed E-state index contributed by atoms with van der Waals surface area (Å²) in [7, 11) is -3.55. The van der Waals surface area contributed by atoms with Crippen LogP contribution in [-0.2, 0) is 10.2 Å². The van der Waals surface area contributed by atoms with Gasteiger partial charge in [0.05, 0.1) is 11.4 Å². The van der Waals surface area contributed by atoms with Crippen LogP contribution in [0.1, 0.15) is 19.5 Å². The van der Waals surface area contributed by atoms with Crippen molar-refractivity contribution in [2.24, 2.45) is 5.92 Å². The van der Waals surface area contributed by atoms with Gasteiger partial charge >= 0.3 is 0 Å². The molecule has 1 aromatic heterocycles. The van der Waals surface area contributed by atoms with Crippen LogP contribution in [0.5, 0.6) is 0 Å². The number of nitrogens with one attached hydrogen (secondary N) is 2. The molecule has 17 heavy (non-hydrogen) atoms. The average Bonchev–Trinajstić information content (AvgIpc) is 2.20. The van der Waals surface area contributed by atoms with E-state index >= 15 is 0 Å². The Bertz CT molecular complexity index is 488. The van der Waals surface area contributed by atoms with Crippen molar-refractivity contribution in [2.45, 2.75) is 20.8 Å². The lowest BCUT2D eigenvalue weighted by atomic mass is 10.2. The zero-order valence-corrected chi connectivity index (χ0v) is 11.6. The molecule has 0 bridgehead atoms. The Morgan fingerprint density at radius 1 is 1.41 bits per heavy atom. The van der Waals surface area contributed by atoms with E-state index in [2.05, 4.69) is 14.4 Å². The summed E-state index contributed by atoms with van der Waals surface area (Å²) in [6.45, 7) is 5.93. The number of anilines is 1. The maximum Gasteiger partial charge on any atom is 0.299 e. The van der Waals surface area contributed by atoms with E-state index in [9.17, 15) is 8.42 Å². The summed E-state index contributed by atoms with van der Waals surface area (Å²) in [6.07, 6.45) is 0. The van der Waals surface area contributed by atoms with E-state index in [4.69, 9.17) is 11.6 Å². The first-order valence-corrected chi connectivity index (χ1v) is 7.07. The molecule has 0 aliphatic carbocycles. The number of hydrogen-bond donors (Lipinski definition) is 2. The zero-order valence-electron chi connectivity index (χ0n) is 9.99. The van der Waals surface area contributed by atoms with E-state index in [-0.39, 0.29) is 5.92 Å². The fourth-order valence-electron chi connectivity index (χ4n) is 1.10. The molecule has 2 N–H and O–H groups in total. The van der Waals surface area contributed by atoms with Crippen LogP contribution in [0.15, 0.2) is 12.1 Å². The molecule has 5 nitrogen and oxygen atoms in total. The minimum Gasteiger partial charge on any atom is -0.269 e. The van der Waals surface area contributed by atoms with Crippen molar-refractivity contribution in [3.05, 3.63) is 23.0 Å². The third-order valence-electron chi connectivity index (χ3n) is 1.98. The summed E-state index contributed by atoms with van der Waals surface area (Å²) in [4.78, 5) is 3.96. The Hall–Kier alpha value is -0.850. The standard InChI is InChI=1S/C10H16ClN3O2S/c1-7(2)6-12-17(15,16)14-9-4-5-10(11)13-8(9)3/h4-5,7,12,14H,6H2,1-3H3. The van der Waals surface area contributed by atoms with Crippen LogP contribution in [-0.4, -0.2) is 19.9 Å². The molecule has 0 spiro atoms. The number of aryl methyl sites for hydroxylation is 1. The second-order valence-electron chi connectivity index (χ2n) is 4.11. The summed E-state index contributed by atoms with van der Waals surface area (Å²) >= 11 is 5.69. The van der Waals surface area contributed by atoms with Gasteiger partial charge in [0.15, 0.2) is 0 Å². The topological polar surface area (TPSA) is 71.1 Å². The molecule has 0 saturated carbocycles. The van der Waals surface area contributed by atoms with Gasteiger partial charge in [-0.15, -0.1) is 0 Å². The lowest BCUT2D eigenvalue weighted by molar-refractivity contribution is 0.565. The Balaban J connectivity index is 2.76. The predicted molar refractivity (Wildman–Crippen MR) is 69.4 cm³/mol. The summed E-state index contributed by atoms with van der Waals surface area (Å²) in [5, 5.41) is 0.334. The highest BCUT2D eigenvalue weighted by Crippen LogP contribution is 2.16. The molecule has 0 unspecified atom stereocenters. The Kier molecular flexibility index (Phi) is 4.73. The highest BCUT2D eigenvalue weighted by molar-refractivity contribution is 7.90. The summed E-state index contributed by atoms with van der Waals surface area (Å²) in [5.74, 6) is 0.246. The normalized spacial score (nSPS) is 11.8. The molecule has 1 aromatic rings. The smallest absolute Gasteiger partial charge is 0.269 e. The van der Waals surface area contributed by atoms with Crippen molar-refractivity contribution in [1.82, 2.24) is 9.71 Å². The molecule has 0 aliphatic heterocycles. The summed E-state index contributed by atoms with van der Waals surface area (Å²) in [5.41, 5.74) is 0.957. The van der Waals surface area contributed by atoms with Crippen LogP contribution in [0.2, 0.25) is 5.15 Å². The molecule has 0 aliphatic rings. The van der Waals surface area contributed by atoms with Gasteiger partial charge in [-0.1, -0.05) is 25.4 Å². The van der Waals surface area contributed by atoms with Gasteiger partial charge in [0.25, 0.3) is 10.2 Å². The van der Waals surface area contributed by atoms with E-state index < -0.39 is 10.2 Å². The predicted octanol–water partition coefficient (Wildman–Crippen LogP) is 1.95. The van der Waals surface area contributed by atoms with Crippen molar-refractivity contribution in [2.75, 3.05) is 11.3 Å². The first-order valence-electron chi connectivity index (χ1n) is 5.20. The van der Waals surface area contributed by atoms with E-state index in [1.165, 1.54) is 6.07 Å². The molecule has 7 heteroatoms. The first kappa shape index (κ1) is 14.2. The average molecular weight is 278 g/mol. The molecule has 0 aromatic carbocycles. The van der Waals surface area contributed by atoms with Crippen LogP contribution in [0.4, 0.5) is 5.69 Å². The molecule has 0 atom stereocenters. The second-order valence-corrected chi connectivity index (χ2v) is 6.00. The van der Waals surface area contributed by atoms with Crippen molar-refractivity contribution >= 4 is 27.5 Å². The molecule has 0 radical (unpaired) electrons. The minimum absolute atomic E-state index is 0.246. The van der Waals surface area contributed by atoms with E-state index in [1.54, 1.807) is 13.0 Å². The maximum absolute atomic E-state index is 11.7. The molecule has 0 amide bonds. The van der Waals surface area contributed by atoms with Gasteiger partial charge in [0, 0.05) is 6.54 Å². The van der Waals surface area contributed by atoms with Gasteiger partial charge in [-0.2, -0.15) is 13.1 Å². The van der Waals surface area contributed by atoms with Crippen molar-refractivity contribution in [3.8, 4) is 0 Å². The highest BCUT2D eigenvalue weighted by Gasteiger charge is 2.12. The quantitative estimate of drug-likeness (QED) is 0.808. The second kappa shape index (κ2) is 5.66. The van der Waals surface area contributed by atoms with Gasteiger partial charge in [-0.3, -0.25) is 4.72 Å². The third kappa shape index (κ3) is 4.89. The molecule has 96 valence electrons. The molecule has 0 saturated heterocycles. The molecule has 0 fully saturated rings. The number of halogens is 1. The van der Waals surface area contributed by atoms with Crippen molar-refractivity contribution in [3.63, 3.8) is 0 Å². The lowest BCUT2D eigenvalue weighted by Gasteiger charge is -2.12. The van der Waals surface area contributed by atoms with E-state index in [1.807, 2.05) is 13.8 Å². The highest BCUT2D eigenvalue weighted by atomic mass is 35.5. The fraction of sp³-hybridized carbons (Fsp3) is 0.500. The Labute approximate surface area is 107 Å². The number of rotatable bonds is 5. The summed E-state index contributed by atoms with van der Waals surface area (Å²) < 4.78 is 28.2. The first-order chi connectivity index (χ1) is 7.80. The monoisotopic (exact) mass is 277 g/mol. The molecule has 1 rings (SSSR count). The van der Waals surface area contributed by atoms with Gasteiger partial charge in [-0.25, -0.2) is 4.98 Å². The summed E-state index contributed by atoms with van der Waals surface area (Å²) in [6, 6.07) is 3.12. The lowest BCUT2D eigenvalue weighted by Crippen LogP contribution is -2.33. The zero-order chi connectivity index (χ0) is 13.1. The van der Waals surface area contributed by atoms with Crippen LogP contribution in [0.3, 0.4) is 0 Å². The van der Waals surface area contributed by atoms with Crippen LogP contribution in [0, 0.1) is 12.8 Å².